The third-order valence-corrected chi connectivity index (χ3v) is 0.939. The summed E-state index contributed by atoms with van der Waals surface area (Å²) in [6.07, 6.45) is 0.844. The zero-order valence-electron chi connectivity index (χ0n) is 7.33. The van der Waals surface area contributed by atoms with Gasteiger partial charge in [-0.05, 0) is 12.8 Å². The standard InChI is InChI=1S/C6H10O3.H3O4P/c1-5(6(8)9)3-2-4-7;1-5(2,3)4/h7H,1-4H2,(H,8,9);(H3,1,2,3,4). The number of carboxylic acid groups (broad SMARTS) is 1. The van der Waals surface area contributed by atoms with Crippen molar-refractivity contribution in [3.8, 4) is 0 Å². The van der Waals surface area contributed by atoms with Gasteiger partial charge in [0.25, 0.3) is 0 Å². The van der Waals surface area contributed by atoms with E-state index in [1.165, 1.54) is 0 Å². The molecule has 0 rings (SSSR count). The number of hydrogen-bond donors (Lipinski definition) is 5. The molecule has 0 aromatic rings. The van der Waals surface area contributed by atoms with Gasteiger partial charge in [-0.25, -0.2) is 9.36 Å². The number of aliphatic hydroxyl groups is 1. The lowest BCUT2D eigenvalue weighted by Crippen LogP contribution is -1.99. The van der Waals surface area contributed by atoms with Gasteiger partial charge in [-0.2, -0.15) is 0 Å². The zero-order chi connectivity index (χ0) is 11.8. The molecule has 0 atom stereocenters. The minimum atomic E-state index is -4.64. The van der Waals surface area contributed by atoms with E-state index in [9.17, 15) is 4.79 Å². The Bertz CT molecular complexity index is 222. The van der Waals surface area contributed by atoms with E-state index in [4.69, 9.17) is 29.5 Å². The maximum Gasteiger partial charge on any atom is 0.466 e. The van der Waals surface area contributed by atoms with Crippen LogP contribution in [0.5, 0.6) is 0 Å². The normalized spacial score (nSPS) is 10.0. The smallest absolute Gasteiger partial charge is 0.466 e. The SMILES string of the molecule is C=C(CCCO)C(=O)O.O=P(O)(O)O. The van der Waals surface area contributed by atoms with E-state index < -0.39 is 13.8 Å². The van der Waals surface area contributed by atoms with Crippen molar-refractivity contribution in [3.63, 3.8) is 0 Å². The first kappa shape index (κ1) is 15.7. The first-order chi connectivity index (χ1) is 6.18. The molecule has 5 N–H and O–H groups in total. The van der Waals surface area contributed by atoms with Gasteiger partial charge in [0.15, 0.2) is 0 Å². The molecule has 7 nitrogen and oxygen atoms in total. The molecule has 0 aromatic carbocycles. The average molecular weight is 228 g/mol. The van der Waals surface area contributed by atoms with Crippen LogP contribution in [0.3, 0.4) is 0 Å². The minimum absolute atomic E-state index is 0.0201. The first-order valence-electron chi connectivity index (χ1n) is 3.48. The van der Waals surface area contributed by atoms with Crippen LogP contribution in [0.25, 0.3) is 0 Å². The summed E-state index contributed by atoms with van der Waals surface area (Å²) in [5.41, 5.74) is 0.157. The lowest BCUT2D eigenvalue weighted by molar-refractivity contribution is -0.132. The third kappa shape index (κ3) is 22.5. The fourth-order valence-corrected chi connectivity index (χ4v) is 0.399. The fraction of sp³-hybridized carbons (Fsp3) is 0.500. The molecular formula is C6H13O7P. The molecule has 8 heteroatoms. The second-order valence-corrected chi connectivity index (χ2v) is 3.28. The maximum atomic E-state index is 10.0. The largest absolute Gasteiger partial charge is 0.478 e. The highest BCUT2D eigenvalue weighted by molar-refractivity contribution is 7.45. The molecule has 0 amide bonds. The molecule has 0 heterocycles. The molecule has 0 radical (unpaired) electrons. The van der Waals surface area contributed by atoms with Crippen molar-refractivity contribution in [2.75, 3.05) is 6.61 Å². The van der Waals surface area contributed by atoms with Crippen LogP contribution in [0.4, 0.5) is 0 Å². The van der Waals surface area contributed by atoms with Crippen LogP contribution < -0.4 is 0 Å². The van der Waals surface area contributed by atoms with Gasteiger partial charge >= 0.3 is 13.8 Å². The van der Waals surface area contributed by atoms with Crippen molar-refractivity contribution in [3.05, 3.63) is 12.2 Å². The monoisotopic (exact) mass is 228 g/mol. The van der Waals surface area contributed by atoms with Gasteiger partial charge in [0.2, 0.25) is 0 Å². The summed E-state index contributed by atoms with van der Waals surface area (Å²) in [7, 11) is -4.64. The van der Waals surface area contributed by atoms with Crippen molar-refractivity contribution < 1.29 is 34.3 Å². The Morgan fingerprint density at radius 3 is 1.86 bits per heavy atom. The van der Waals surface area contributed by atoms with Crippen molar-refractivity contribution >= 4 is 13.8 Å². The molecule has 0 aromatic heterocycles. The third-order valence-electron chi connectivity index (χ3n) is 0.939. The van der Waals surface area contributed by atoms with Crippen LogP contribution in [0.15, 0.2) is 12.2 Å². The van der Waals surface area contributed by atoms with Crippen LogP contribution in [0, 0.1) is 0 Å². The number of aliphatic hydroxyl groups excluding tert-OH is 1. The highest BCUT2D eigenvalue weighted by Gasteiger charge is 2.01. The summed E-state index contributed by atoms with van der Waals surface area (Å²) < 4.78 is 8.88. The molecule has 14 heavy (non-hydrogen) atoms. The van der Waals surface area contributed by atoms with Crippen molar-refractivity contribution in [2.24, 2.45) is 0 Å². The van der Waals surface area contributed by atoms with E-state index in [0.29, 0.717) is 12.8 Å². The molecule has 0 bridgehead atoms. The molecule has 0 aliphatic heterocycles. The Balaban J connectivity index is 0. The van der Waals surface area contributed by atoms with Crippen LogP contribution in [0.2, 0.25) is 0 Å². The molecule has 0 fully saturated rings. The van der Waals surface area contributed by atoms with E-state index in [1.807, 2.05) is 0 Å². The average Bonchev–Trinajstić information content (AvgIpc) is 1.96. The van der Waals surface area contributed by atoms with Gasteiger partial charge < -0.3 is 24.9 Å². The Hall–Kier alpha value is -0.720. The molecule has 0 saturated carbocycles. The van der Waals surface area contributed by atoms with Gasteiger partial charge in [0.05, 0.1) is 0 Å². The lowest BCUT2D eigenvalue weighted by atomic mass is 10.2. The Labute approximate surface area is 80.6 Å². The highest BCUT2D eigenvalue weighted by Crippen LogP contribution is 2.25. The Kier molecular flexibility index (Phi) is 8.61. The van der Waals surface area contributed by atoms with Crippen molar-refractivity contribution in [1.82, 2.24) is 0 Å². The van der Waals surface area contributed by atoms with Gasteiger partial charge in [0, 0.05) is 12.2 Å². The molecule has 0 unspecified atom stereocenters. The Morgan fingerprint density at radius 2 is 1.64 bits per heavy atom. The van der Waals surface area contributed by atoms with E-state index in [1.54, 1.807) is 0 Å². The molecule has 84 valence electrons. The number of carboxylic acids is 1. The number of carbonyl (C=O) groups is 1. The van der Waals surface area contributed by atoms with Crippen molar-refractivity contribution in [1.29, 1.82) is 0 Å². The van der Waals surface area contributed by atoms with E-state index in [2.05, 4.69) is 6.58 Å². The number of phosphoric acid groups is 1. The topological polar surface area (TPSA) is 135 Å². The minimum Gasteiger partial charge on any atom is -0.478 e. The quantitative estimate of drug-likeness (QED) is 0.322. The van der Waals surface area contributed by atoms with E-state index in [0.717, 1.165) is 0 Å². The van der Waals surface area contributed by atoms with Gasteiger partial charge in [-0.15, -0.1) is 0 Å². The summed E-state index contributed by atoms with van der Waals surface area (Å²) in [5, 5.41) is 16.5. The predicted octanol–water partition coefficient (Wildman–Crippen LogP) is -0.529. The summed E-state index contributed by atoms with van der Waals surface area (Å²) in [4.78, 5) is 31.6. The van der Waals surface area contributed by atoms with Gasteiger partial charge in [0.1, 0.15) is 0 Å². The molecule has 0 aliphatic rings. The fourth-order valence-electron chi connectivity index (χ4n) is 0.399. The summed E-state index contributed by atoms with van der Waals surface area (Å²) in [6.45, 7) is 3.30. The van der Waals surface area contributed by atoms with E-state index >= 15 is 0 Å². The summed E-state index contributed by atoms with van der Waals surface area (Å²) >= 11 is 0. The number of rotatable bonds is 4. The highest BCUT2D eigenvalue weighted by atomic mass is 31.2. The van der Waals surface area contributed by atoms with Crippen molar-refractivity contribution in [2.45, 2.75) is 12.8 Å². The molecular weight excluding hydrogens is 215 g/mol. The van der Waals surface area contributed by atoms with Crippen LogP contribution >= 0.6 is 7.82 Å². The number of hydrogen-bond acceptors (Lipinski definition) is 3. The second-order valence-electron chi connectivity index (χ2n) is 2.25. The van der Waals surface area contributed by atoms with Crippen LogP contribution in [0.1, 0.15) is 12.8 Å². The summed E-state index contributed by atoms with van der Waals surface area (Å²) in [6, 6.07) is 0. The first-order valence-corrected chi connectivity index (χ1v) is 5.05. The van der Waals surface area contributed by atoms with Gasteiger partial charge in [-0.3, -0.25) is 0 Å². The Morgan fingerprint density at radius 1 is 1.29 bits per heavy atom. The molecule has 0 spiro atoms. The number of aliphatic carboxylic acids is 1. The zero-order valence-corrected chi connectivity index (χ0v) is 8.22. The molecule has 0 saturated heterocycles. The second kappa shape index (κ2) is 7.66. The van der Waals surface area contributed by atoms with Crippen LogP contribution in [-0.4, -0.2) is 37.5 Å². The summed E-state index contributed by atoms with van der Waals surface area (Å²) in [5.74, 6) is -0.983. The van der Waals surface area contributed by atoms with E-state index in [-0.39, 0.29) is 12.2 Å². The lowest BCUT2D eigenvalue weighted by Gasteiger charge is -1.94. The predicted molar refractivity (Wildman–Crippen MR) is 47.4 cm³/mol. The van der Waals surface area contributed by atoms with Crippen LogP contribution in [-0.2, 0) is 9.36 Å². The maximum absolute atomic E-state index is 10.0. The molecule has 0 aliphatic carbocycles. The van der Waals surface area contributed by atoms with Gasteiger partial charge in [-0.1, -0.05) is 6.58 Å².